The molecule has 0 saturated heterocycles. The second kappa shape index (κ2) is 11.8. The lowest BCUT2D eigenvalue weighted by Crippen LogP contribution is -2.41. The highest BCUT2D eigenvalue weighted by Gasteiger charge is 2.37. The molecule has 1 aliphatic carbocycles. The van der Waals surface area contributed by atoms with Crippen molar-refractivity contribution in [2.75, 3.05) is 24.2 Å². The molecule has 202 valence electrons. The molecule has 4 N–H and O–H groups in total. The Labute approximate surface area is 228 Å². The highest BCUT2D eigenvalue weighted by atomic mass is 35.5. The van der Waals surface area contributed by atoms with Crippen LogP contribution in [0.5, 0.6) is 0 Å². The van der Waals surface area contributed by atoms with Crippen molar-refractivity contribution in [2.45, 2.75) is 37.5 Å². The predicted molar refractivity (Wildman–Crippen MR) is 147 cm³/mol. The van der Waals surface area contributed by atoms with Crippen LogP contribution in [-0.4, -0.2) is 61.2 Å². The third-order valence-electron chi connectivity index (χ3n) is 5.78. The van der Waals surface area contributed by atoms with Gasteiger partial charge in [0.2, 0.25) is 17.7 Å². The topological polar surface area (TPSA) is 155 Å². The molecule has 1 aromatic heterocycles. The van der Waals surface area contributed by atoms with Gasteiger partial charge in [-0.2, -0.15) is 0 Å². The normalized spacial score (nSPS) is 14.2. The van der Waals surface area contributed by atoms with E-state index in [0.29, 0.717) is 26.5 Å². The predicted octanol–water partition coefficient (Wildman–Crippen LogP) is 2.81. The van der Waals surface area contributed by atoms with Gasteiger partial charge in [0.05, 0.1) is 27.5 Å². The van der Waals surface area contributed by atoms with Crippen LogP contribution < -0.4 is 16.0 Å². The number of halogens is 1. The molecule has 1 heterocycles. The minimum atomic E-state index is -4.05. The molecular weight excluding hydrogens is 552 g/mol. The van der Waals surface area contributed by atoms with Gasteiger partial charge >= 0.3 is 0 Å². The molecule has 1 unspecified atom stereocenters. The Kier molecular flexibility index (Phi) is 8.66. The molecule has 4 rings (SSSR count). The molecule has 3 aromatic rings. The summed E-state index contributed by atoms with van der Waals surface area (Å²) in [5.41, 5.74) is 2.50. The Morgan fingerprint density at radius 2 is 1.89 bits per heavy atom. The number of carbonyl (C=O) groups is 3. The summed E-state index contributed by atoms with van der Waals surface area (Å²) in [6.45, 7) is 0.716. The molecule has 1 saturated carbocycles. The second-order valence-corrected chi connectivity index (χ2v) is 12.7. The molecule has 10 nitrogen and oxygen atoms in total. The first-order valence-electron chi connectivity index (χ1n) is 11.9. The summed E-state index contributed by atoms with van der Waals surface area (Å²) < 4.78 is 26.9. The molecule has 1 atom stereocenters. The number of thiazole rings is 1. The third kappa shape index (κ3) is 6.87. The number of anilines is 1. The van der Waals surface area contributed by atoms with E-state index in [1.807, 2.05) is 0 Å². The van der Waals surface area contributed by atoms with Crippen LogP contribution in [0.25, 0.3) is 21.3 Å². The van der Waals surface area contributed by atoms with Crippen molar-refractivity contribution >= 4 is 66.4 Å². The Morgan fingerprint density at radius 1 is 1.18 bits per heavy atom. The van der Waals surface area contributed by atoms with E-state index >= 15 is 0 Å². The van der Waals surface area contributed by atoms with Gasteiger partial charge in [-0.15, -0.1) is 11.3 Å². The minimum absolute atomic E-state index is 0.0381. The van der Waals surface area contributed by atoms with E-state index in [0.717, 1.165) is 29.7 Å². The summed E-state index contributed by atoms with van der Waals surface area (Å²) in [6.07, 6.45) is 1.73. The van der Waals surface area contributed by atoms with E-state index in [2.05, 4.69) is 20.9 Å². The summed E-state index contributed by atoms with van der Waals surface area (Å²) in [7, 11) is -4.05. The molecule has 2 aromatic carbocycles. The van der Waals surface area contributed by atoms with Gasteiger partial charge in [0, 0.05) is 30.8 Å². The highest BCUT2D eigenvalue weighted by molar-refractivity contribution is 7.92. The van der Waals surface area contributed by atoms with Gasteiger partial charge in [-0.3, -0.25) is 14.4 Å². The van der Waals surface area contributed by atoms with E-state index in [1.165, 1.54) is 6.92 Å². The molecule has 1 aliphatic rings. The Balaban J connectivity index is 1.64. The van der Waals surface area contributed by atoms with Crippen LogP contribution in [0.15, 0.2) is 36.4 Å². The zero-order chi connectivity index (χ0) is 27.4. The van der Waals surface area contributed by atoms with Crippen LogP contribution in [0.2, 0.25) is 5.02 Å². The molecule has 0 bridgehead atoms. The number of aliphatic hydroxyl groups excluding tert-OH is 1. The smallest absolute Gasteiger partial charge is 0.245 e. The van der Waals surface area contributed by atoms with Crippen LogP contribution in [0, 0.1) is 0 Å². The minimum Gasteiger partial charge on any atom is -0.396 e. The van der Waals surface area contributed by atoms with Gasteiger partial charge in [-0.25, -0.2) is 13.4 Å². The van der Waals surface area contributed by atoms with E-state index in [-0.39, 0.29) is 36.5 Å². The number of nitrogens with zero attached hydrogens (tertiary/aromatic N) is 1. The fourth-order valence-corrected chi connectivity index (χ4v) is 7.17. The monoisotopic (exact) mass is 578 g/mol. The lowest BCUT2D eigenvalue weighted by atomic mass is 10.0. The first kappa shape index (κ1) is 28.0. The van der Waals surface area contributed by atoms with Gasteiger partial charge < -0.3 is 21.1 Å². The summed E-state index contributed by atoms with van der Waals surface area (Å²) in [5.74, 6) is -1.85. The largest absolute Gasteiger partial charge is 0.396 e. The first-order valence-corrected chi connectivity index (χ1v) is 14.9. The van der Waals surface area contributed by atoms with Gasteiger partial charge in [0.25, 0.3) is 0 Å². The van der Waals surface area contributed by atoms with Gasteiger partial charge in [0.15, 0.2) is 15.1 Å². The van der Waals surface area contributed by atoms with Gasteiger partial charge in [-0.1, -0.05) is 23.7 Å². The summed E-state index contributed by atoms with van der Waals surface area (Å²) in [6, 6.07) is 10.5. The van der Waals surface area contributed by atoms with Crippen molar-refractivity contribution < 1.29 is 27.9 Å². The number of benzene rings is 2. The zero-order valence-electron chi connectivity index (χ0n) is 20.5. The number of aromatic nitrogens is 1. The Bertz CT molecular complexity index is 1470. The number of aliphatic hydroxyl groups is 1. The molecule has 0 aliphatic heterocycles. The Hall–Kier alpha value is -3.06. The second-order valence-electron chi connectivity index (χ2n) is 8.99. The van der Waals surface area contributed by atoms with Crippen LogP contribution in [0.1, 0.15) is 36.4 Å². The summed E-state index contributed by atoms with van der Waals surface area (Å²) in [5, 5.41) is 15.8. The average Bonchev–Trinajstić information content (AvgIpc) is 3.58. The molecule has 1 fully saturated rings. The van der Waals surface area contributed by atoms with E-state index in [4.69, 9.17) is 16.7 Å². The van der Waals surface area contributed by atoms with Crippen molar-refractivity contribution in [1.29, 1.82) is 0 Å². The van der Waals surface area contributed by atoms with Crippen LogP contribution in [-0.2, 0) is 24.2 Å². The maximum absolute atomic E-state index is 13.1. The number of fused-ring (bicyclic) bond motifs is 1. The van der Waals surface area contributed by atoms with Crippen molar-refractivity contribution in [3.63, 3.8) is 0 Å². The van der Waals surface area contributed by atoms with Crippen molar-refractivity contribution in [1.82, 2.24) is 15.6 Å². The average molecular weight is 579 g/mol. The molecule has 3 amide bonds. The fraction of sp³-hybridized carbons (Fsp3) is 0.360. The SMILES string of the molecule is CC(=O)Nc1ccc(-c2cc3sc(C(C(=O)NCC(=O)NC4CC4)S(=O)(=O)CCCO)nc3cc2Cl)cc1. The molecule has 0 radical (unpaired) electrons. The maximum Gasteiger partial charge on any atom is 0.245 e. The van der Waals surface area contributed by atoms with E-state index < -0.39 is 32.7 Å². The number of sulfone groups is 1. The maximum atomic E-state index is 13.1. The van der Waals surface area contributed by atoms with Gasteiger partial charge in [-0.05, 0) is 49.1 Å². The summed E-state index contributed by atoms with van der Waals surface area (Å²) >= 11 is 7.58. The van der Waals surface area contributed by atoms with Crippen LogP contribution >= 0.6 is 22.9 Å². The number of rotatable bonds is 11. The number of carbonyl (C=O) groups excluding carboxylic acids is 3. The van der Waals surface area contributed by atoms with Crippen molar-refractivity contribution in [2.24, 2.45) is 0 Å². The van der Waals surface area contributed by atoms with Crippen molar-refractivity contribution in [3.05, 3.63) is 46.4 Å². The van der Waals surface area contributed by atoms with Gasteiger partial charge in [0.1, 0.15) is 5.01 Å². The van der Waals surface area contributed by atoms with E-state index in [9.17, 15) is 22.8 Å². The first-order chi connectivity index (χ1) is 18.1. The Morgan fingerprint density at radius 3 is 2.53 bits per heavy atom. The molecule has 0 spiro atoms. The zero-order valence-corrected chi connectivity index (χ0v) is 22.9. The number of hydrogen-bond donors (Lipinski definition) is 4. The summed E-state index contributed by atoms with van der Waals surface area (Å²) in [4.78, 5) is 40.8. The molecule has 13 heteroatoms. The quantitative estimate of drug-likeness (QED) is 0.273. The van der Waals surface area contributed by atoms with Crippen LogP contribution in [0.3, 0.4) is 0 Å². The number of nitrogens with one attached hydrogen (secondary N) is 3. The number of hydrogen-bond acceptors (Lipinski definition) is 8. The lowest BCUT2D eigenvalue weighted by molar-refractivity contribution is -0.126. The molecule has 38 heavy (non-hydrogen) atoms. The van der Waals surface area contributed by atoms with Crippen LogP contribution in [0.4, 0.5) is 5.69 Å². The third-order valence-corrected chi connectivity index (χ3v) is 9.34. The van der Waals surface area contributed by atoms with Crippen molar-refractivity contribution in [3.8, 4) is 11.1 Å². The number of amides is 3. The highest BCUT2D eigenvalue weighted by Crippen LogP contribution is 2.38. The van der Waals surface area contributed by atoms with E-state index in [1.54, 1.807) is 36.4 Å². The standard InChI is InChI=1S/C25H27ClN4O6S2/c1-14(32)28-16-5-3-15(4-6-16)18-11-21-20(12-19(18)26)30-25(37-21)23(38(35,36)10-2-9-31)24(34)27-13-22(33)29-17-7-8-17/h3-6,11-12,17,23,31H,2,7-10,13H2,1H3,(H,27,34)(H,28,32)(H,29,33). The molecular formula is C25H27ClN4O6S2. The fourth-order valence-electron chi connectivity index (χ4n) is 3.81. The lowest BCUT2D eigenvalue weighted by Gasteiger charge is -2.15.